The fraction of sp³-hybridized carbons (Fsp3) is 0.600. The number of anilines is 2. The van der Waals surface area contributed by atoms with Gasteiger partial charge in [0.25, 0.3) is 0 Å². The molecule has 16 heavy (non-hydrogen) atoms. The largest absolute Gasteiger partial charge is 0.384 e. The third-order valence-electron chi connectivity index (χ3n) is 2.73. The zero-order valence-electron chi connectivity index (χ0n) is 9.14. The molecule has 1 aliphatic heterocycles. The molecule has 1 fully saturated rings. The summed E-state index contributed by atoms with van der Waals surface area (Å²) in [5.41, 5.74) is 5.56. The van der Waals surface area contributed by atoms with Crippen LogP contribution in [0.4, 0.5) is 16.2 Å². The van der Waals surface area contributed by atoms with Crippen LogP contribution in [-0.4, -0.2) is 42.4 Å². The second-order valence-electron chi connectivity index (χ2n) is 3.81. The minimum Gasteiger partial charge on any atom is -0.384 e. The number of aromatic nitrogens is 2. The van der Waals surface area contributed by atoms with E-state index in [1.807, 2.05) is 0 Å². The van der Waals surface area contributed by atoms with Gasteiger partial charge in [0.05, 0.1) is 12.6 Å². The van der Waals surface area contributed by atoms with E-state index in [2.05, 4.69) is 9.97 Å². The quantitative estimate of drug-likeness (QED) is 0.801. The molecule has 1 aromatic heterocycles. The van der Waals surface area contributed by atoms with Crippen molar-refractivity contribution in [1.82, 2.24) is 9.97 Å². The molecule has 0 amide bonds. The van der Waals surface area contributed by atoms with Crippen LogP contribution in [0.2, 0.25) is 0 Å². The van der Waals surface area contributed by atoms with Crippen LogP contribution in [0.15, 0.2) is 12.3 Å². The fourth-order valence-electron chi connectivity index (χ4n) is 1.84. The minimum absolute atomic E-state index is 0.252. The van der Waals surface area contributed by atoms with Crippen LogP contribution in [-0.2, 0) is 4.74 Å². The molecule has 2 N–H and O–H groups in total. The molecule has 6 heteroatoms. The van der Waals surface area contributed by atoms with Crippen molar-refractivity contribution in [3.63, 3.8) is 0 Å². The number of methoxy groups -OCH3 is 1. The van der Waals surface area contributed by atoms with Gasteiger partial charge in [0.1, 0.15) is 12.0 Å². The first kappa shape index (κ1) is 11.1. The van der Waals surface area contributed by atoms with Gasteiger partial charge in [-0.05, 0) is 12.5 Å². The molecule has 2 rings (SSSR count). The van der Waals surface area contributed by atoms with Crippen molar-refractivity contribution in [2.45, 2.75) is 18.7 Å². The molecular formula is C10H15FN4O. The lowest BCUT2D eigenvalue weighted by Gasteiger charge is -2.33. The Labute approximate surface area is 93.4 Å². The molecule has 1 aliphatic rings. The maximum Gasteiger partial charge on any atom is 0.227 e. The normalized spacial score (nSPS) is 25.8. The van der Waals surface area contributed by atoms with E-state index in [0.29, 0.717) is 24.7 Å². The van der Waals surface area contributed by atoms with Gasteiger partial charge in [-0.2, -0.15) is 4.98 Å². The first-order valence-electron chi connectivity index (χ1n) is 5.21. The molecule has 0 unspecified atom stereocenters. The lowest BCUT2D eigenvalue weighted by atomic mass is 10.1. The van der Waals surface area contributed by atoms with E-state index in [4.69, 9.17) is 10.5 Å². The Kier molecular flexibility index (Phi) is 3.19. The van der Waals surface area contributed by atoms with Crippen molar-refractivity contribution in [2.75, 3.05) is 30.8 Å². The molecule has 2 atom stereocenters. The number of ether oxygens (including phenoxy) is 1. The van der Waals surface area contributed by atoms with Crippen molar-refractivity contribution in [1.29, 1.82) is 0 Å². The molecule has 0 aromatic carbocycles. The van der Waals surface area contributed by atoms with Gasteiger partial charge in [0.2, 0.25) is 5.95 Å². The van der Waals surface area contributed by atoms with Crippen LogP contribution in [0.5, 0.6) is 0 Å². The van der Waals surface area contributed by atoms with Gasteiger partial charge in [-0.15, -0.1) is 0 Å². The number of alkyl halides is 1. The Balaban J connectivity index is 2.07. The number of piperidine rings is 1. The summed E-state index contributed by atoms with van der Waals surface area (Å²) >= 11 is 0. The van der Waals surface area contributed by atoms with Crippen LogP contribution >= 0.6 is 0 Å². The number of nitrogen functional groups attached to an aromatic ring is 1. The third kappa shape index (κ3) is 2.21. The standard InChI is InChI=1S/C10H15FN4O/c1-16-8-3-5-15(6-7(8)11)10-13-4-2-9(12)14-10/h2,4,7-8H,3,5-6H2,1H3,(H2,12,13,14)/t7-,8+/m1/s1. The van der Waals surface area contributed by atoms with Crippen molar-refractivity contribution >= 4 is 11.8 Å². The van der Waals surface area contributed by atoms with E-state index in [-0.39, 0.29) is 12.6 Å². The van der Waals surface area contributed by atoms with Crippen LogP contribution in [0.25, 0.3) is 0 Å². The minimum atomic E-state index is -1.01. The Morgan fingerprint density at radius 2 is 2.44 bits per heavy atom. The molecule has 88 valence electrons. The molecule has 0 spiro atoms. The van der Waals surface area contributed by atoms with Gasteiger partial charge in [-0.3, -0.25) is 0 Å². The van der Waals surface area contributed by atoms with E-state index >= 15 is 0 Å². The summed E-state index contributed by atoms with van der Waals surface area (Å²) < 4.78 is 18.7. The highest BCUT2D eigenvalue weighted by Gasteiger charge is 2.30. The molecular weight excluding hydrogens is 211 g/mol. The van der Waals surface area contributed by atoms with Crippen LogP contribution in [0.3, 0.4) is 0 Å². The number of hydrogen-bond acceptors (Lipinski definition) is 5. The molecule has 0 saturated carbocycles. The average molecular weight is 226 g/mol. The second kappa shape index (κ2) is 4.61. The topological polar surface area (TPSA) is 64.3 Å². The Bertz CT molecular complexity index is 362. The summed E-state index contributed by atoms with van der Waals surface area (Å²) in [6.45, 7) is 0.935. The van der Waals surface area contributed by atoms with E-state index in [9.17, 15) is 4.39 Å². The lowest BCUT2D eigenvalue weighted by Crippen LogP contribution is -2.46. The van der Waals surface area contributed by atoms with Crippen molar-refractivity contribution in [3.8, 4) is 0 Å². The van der Waals surface area contributed by atoms with Gasteiger partial charge in [-0.1, -0.05) is 0 Å². The lowest BCUT2D eigenvalue weighted by molar-refractivity contribution is 0.0194. The number of halogens is 1. The summed E-state index contributed by atoms with van der Waals surface area (Å²) in [6, 6.07) is 1.61. The predicted octanol–water partition coefficient (Wildman–Crippen LogP) is 0.622. The van der Waals surface area contributed by atoms with E-state index in [1.54, 1.807) is 17.2 Å². The smallest absolute Gasteiger partial charge is 0.227 e. The summed E-state index contributed by atoms with van der Waals surface area (Å²) in [5, 5.41) is 0. The summed E-state index contributed by atoms with van der Waals surface area (Å²) in [7, 11) is 1.53. The highest BCUT2D eigenvalue weighted by atomic mass is 19.1. The summed E-state index contributed by atoms with van der Waals surface area (Å²) in [6.07, 6.45) is 0.879. The van der Waals surface area contributed by atoms with E-state index < -0.39 is 6.17 Å². The van der Waals surface area contributed by atoms with Crippen LogP contribution in [0, 0.1) is 0 Å². The SMILES string of the molecule is CO[C@H]1CCN(c2nccc(N)n2)C[C@H]1F. The van der Waals surface area contributed by atoms with Crippen molar-refractivity contribution < 1.29 is 9.13 Å². The van der Waals surface area contributed by atoms with Crippen LogP contribution < -0.4 is 10.6 Å². The van der Waals surface area contributed by atoms with Gasteiger partial charge in [0.15, 0.2) is 0 Å². The molecule has 5 nitrogen and oxygen atoms in total. The highest BCUT2D eigenvalue weighted by molar-refractivity contribution is 5.38. The van der Waals surface area contributed by atoms with E-state index in [1.165, 1.54) is 7.11 Å². The zero-order valence-corrected chi connectivity index (χ0v) is 9.14. The fourth-order valence-corrected chi connectivity index (χ4v) is 1.84. The molecule has 1 saturated heterocycles. The number of nitrogens with zero attached hydrogens (tertiary/aromatic N) is 3. The predicted molar refractivity (Wildman–Crippen MR) is 59.0 cm³/mol. The number of hydrogen-bond donors (Lipinski definition) is 1. The first-order chi connectivity index (χ1) is 7.70. The molecule has 0 radical (unpaired) electrons. The molecule has 1 aromatic rings. The summed E-state index contributed by atoms with van der Waals surface area (Å²) in [4.78, 5) is 9.93. The second-order valence-corrected chi connectivity index (χ2v) is 3.81. The third-order valence-corrected chi connectivity index (χ3v) is 2.73. The highest BCUT2D eigenvalue weighted by Crippen LogP contribution is 2.20. The molecule has 0 bridgehead atoms. The Hall–Kier alpha value is -1.43. The zero-order chi connectivity index (χ0) is 11.5. The Morgan fingerprint density at radius 1 is 1.62 bits per heavy atom. The first-order valence-corrected chi connectivity index (χ1v) is 5.21. The average Bonchev–Trinajstić information content (AvgIpc) is 2.29. The van der Waals surface area contributed by atoms with Crippen molar-refractivity contribution in [3.05, 3.63) is 12.3 Å². The van der Waals surface area contributed by atoms with Crippen LogP contribution in [0.1, 0.15) is 6.42 Å². The van der Waals surface area contributed by atoms with Crippen molar-refractivity contribution in [2.24, 2.45) is 0 Å². The maximum absolute atomic E-state index is 13.6. The van der Waals surface area contributed by atoms with Gasteiger partial charge in [0, 0.05) is 19.9 Å². The monoisotopic (exact) mass is 226 g/mol. The number of nitrogens with two attached hydrogens (primary N) is 1. The number of rotatable bonds is 2. The molecule has 0 aliphatic carbocycles. The summed E-state index contributed by atoms with van der Waals surface area (Å²) in [5.74, 6) is 0.881. The van der Waals surface area contributed by atoms with Gasteiger partial charge < -0.3 is 15.4 Å². The van der Waals surface area contributed by atoms with E-state index in [0.717, 1.165) is 0 Å². The van der Waals surface area contributed by atoms with Gasteiger partial charge in [-0.25, -0.2) is 9.37 Å². The Morgan fingerprint density at radius 3 is 3.06 bits per heavy atom. The molecule has 2 heterocycles. The maximum atomic E-state index is 13.6. The van der Waals surface area contributed by atoms with Gasteiger partial charge >= 0.3 is 0 Å².